The summed E-state index contributed by atoms with van der Waals surface area (Å²) in [5.74, 6) is 1.37. The number of ether oxygens (including phenoxy) is 1. The summed E-state index contributed by atoms with van der Waals surface area (Å²) < 4.78 is 7.69. The van der Waals surface area contributed by atoms with Gasteiger partial charge in [-0.05, 0) is 30.4 Å². The van der Waals surface area contributed by atoms with Crippen molar-refractivity contribution in [2.75, 3.05) is 0 Å². The van der Waals surface area contributed by atoms with E-state index in [1.165, 1.54) is 0 Å². The molecular formula is C14H9Br2NO. The van der Waals surface area contributed by atoms with Crippen LogP contribution in [0.1, 0.15) is 12.0 Å². The molecule has 0 amide bonds. The van der Waals surface area contributed by atoms with Gasteiger partial charge in [0.25, 0.3) is 0 Å². The Labute approximate surface area is 123 Å². The predicted octanol–water partition coefficient (Wildman–Crippen LogP) is 4.82. The van der Waals surface area contributed by atoms with E-state index in [2.05, 4.69) is 37.9 Å². The number of hydrogen-bond donors (Lipinski definition) is 0. The summed E-state index contributed by atoms with van der Waals surface area (Å²) in [6, 6.07) is 7.48. The van der Waals surface area contributed by atoms with Crippen molar-refractivity contribution >= 4 is 31.9 Å². The van der Waals surface area contributed by atoms with E-state index < -0.39 is 0 Å². The normalized spacial score (nSPS) is 14.3. The minimum absolute atomic E-state index is 0.523. The van der Waals surface area contributed by atoms with Crippen LogP contribution in [0.3, 0.4) is 0 Å². The van der Waals surface area contributed by atoms with Crippen molar-refractivity contribution in [2.45, 2.75) is 6.42 Å². The molecule has 0 atom stereocenters. The van der Waals surface area contributed by atoms with Crippen LogP contribution >= 0.6 is 31.9 Å². The molecule has 1 aromatic rings. The van der Waals surface area contributed by atoms with Crippen molar-refractivity contribution in [1.82, 2.24) is 0 Å². The maximum atomic E-state index is 9.04. The molecule has 0 unspecified atom stereocenters. The van der Waals surface area contributed by atoms with Gasteiger partial charge in [0.1, 0.15) is 17.6 Å². The van der Waals surface area contributed by atoms with Gasteiger partial charge in [-0.25, -0.2) is 0 Å². The quantitative estimate of drug-likeness (QED) is 0.751. The van der Waals surface area contributed by atoms with E-state index in [0.29, 0.717) is 17.7 Å². The minimum atomic E-state index is 0.523. The highest BCUT2D eigenvalue weighted by Crippen LogP contribution is 2.26. The van der Waals surface area contributed by atoms with Gasteiger partial charge in [-0.3, -0.25) is 0 Å². The molecule has 90 valence electrons. The van der Waals surface area contributed by atoms with Crippen LogP contribution in [0.25, 0.3) is 0 Å². The molecule has 1 aliphatic rings. The molecule has 2 rings (SSSR count). The van der Waals surface area contributed by atoms with Crippen LogP contribution < -0.4 is 4.74 Å². The summed E-state index contributed by atoms with van der Waals surface area (Å²) in [4.78, 5) is 0. The monoisotopic (exact) mass is 365 g/mol. The molecule has 1 aliphatic carbocycles. The maximum absolute atomic E-state index is 9.04. The van der Waals surface area contributed by atoms with Gasteiger partial charge in [0.05, 0.1) is 5.56 Å². The highest BCUT2D eigenvalue weighted by atomic mass is 79.9. The molecule has 0 N–H and O–H groups in total. The van der Waals surface area contributed by atoms with Crippen molar-refractivity contribution in [3.63, 3.8) is 0 Å². The first kappa shape index (κ1) is 13.1. The van der Waals surface area contributed by atoms with Crippen LogP contribution in [0.2, 0.25) is 0 Å². The Morgan fingerprint density at radius 3 is 2.89 bits per heavy atom. The number of halogens is 2. The molecule has 4 heteroatoms. The lowest BCUT2D eigenvalue weighted by molar-refractivity contribution is 0.414. The summed E-state index contributed by atoms with van der Waals surface area (Å²) in [6.45, 7) is 0. The molecule has 0 aromatic heterocycles. The lowest BCUT2D eigenvalue weighted by Gasteiger charge is -2.09. The third kappa shape index (κ3) is 3.34. The number of nitrogens with zero attached hydrogens (tertiary/aromatic N) is 1. The second kappa shape index (κ2) is 6.03. The van der Waals surface area contributed by atoms with Crippen LogP contribution in [0.4, 0.5) is 0 Å². The fraction of sp³-hybridized carbons (Fsp3) is 0.0714. The molecule has 0 heterocycles. The van der Waals surface area contributed by atoms with Gasteiger partial charge in [-0.2, -0.15) is 5.26 Å². The van der Waals surface area contributed by atoms with E-state index in [1.807, 2.05) is 30.4 Å². The molecule has 2 nitrogen and oxygen atoms in total. The van der Waals surface area contributed by atoms with Crippen LogP contribution in [0.15, 0.2) is 57.2 Å². The second-order valence-electron chi connectivity index (χ2n) is 3.64. The molecule has 0 bridgehead atoms. The highest BCUT2D eigenvalue weighted by molar-refractivity contribution is 9.12. The standard InChI is InChI=1S/C14H9Br2NO/c15-11-2-1-3-13(7-6-11)18-14-8-12(16)5-4-10(14)9-17/h1-6,8H,7H2. The lowest BCUT2D eigenvalue weighted by atomic mass is 10.2. The molecule has 0 aliphatic heterocycles. The molecule has 18 heavy (non-hydrogen) atoms. The number of rotatable bonds is 2. The second-order valence-corrected chi connectivity index (χ2v) is 5.47. The van der Waals surface area contributed by atoms with Gasteiger partial charge in [0.2, 0.25) is 0 Å². The van der Waals surface area contributed by atoms with Crippen molar-refractivity contribution in [3.8, 4) is 11.8 Å². The zero-order valence-electron chi connectivity index (χ0n) is 9.36. The smallest absolute Gasteiger partial charge is 0.145 e. The molecule has 0 fully saturated rings. The van der Waals surface area contributed by atoms with Crippen molar-refractivity contribution < 1.29 is 4.74 Å². The lowest BCUT2D eigenvalue weighted by Crippen LogP contribution is -1.96. The van der Waals surface area contributed by atoms with Crippen LogP contribution in [-0.4, -0.2) is 0 Å². The van der Waals surface area contributed by atoms with Gasteiger partial charge in [0, 0.05) is 15.4 Å². The summed E-state index contributed by atoms with van der Waals surface area (Å²) in [7, 11) is 0. The van der Waals surface area contributed by atoms with Crippen molar-refractivity contribution in [3.05, 3.63) is 62.8 Å². The van der Waals surface area contributed by atoms with Gasteiger partial charge in [-0.1, -0.05) is 44.0 Å². The fourth-order valence-corrected chi connectivity index (χ4v) is 2.13. The highest BCUT2D eigenvalue weighted by Gasteiger charge is 2.07. The number of allylic oxidation sites excluding steroid dienone is 5. The Morgan fingerprint density at radius 2 is 2.11 bits per heavy atom. The first-order valence-electron chi connectivity index (χ1n) is 5.29. The van der Waals surface area contributed by atoms with Gasteiger partial charge >= 0.3 is 0 Å². The van der Waals surface area contributed by atoms with E-state index in [-0.39, 0.29) is 0 Å². The summed E-state index contributed by atoms with van der Waals surface area (Å²) in [5, 5.41) is 9.04. The third-order valence-electron chi connectivity index (χ3n) is 2.34. The van der Waals surface area contributed by atoms with Crippen LogP contribution in [0.5, 0.6) is 5.75 Å². The number of nitriles is 1. The Morgan fingerprint density at radius 1 is 1.28 bits per heavy atom. The summed E-state index contributed by atoms with van der Waals surface area (Å²) in [5.41, 5.74) is 0.523. The fourth-order valence-electron chi connectivity index (χ4n) is 1.47. The predicted molar refractivity (Wildman–Crippen MR) is 78.3 cm³/mol. The zero-order valence-corrected chi connectivity index (χ0v) is 12.5. The Bertz CT molecular complexity index is 592. The molecule has 0 saturated carbocycles. The Balaban J connectivity index is 2.25. The van der Waals surface area contributed by atoms with Crippen molar-refractivity contribution in [2.24, 2.45) is 0 Å². The van der Waals surface area contributed by atoms with Gasteiger partial charge < -0.3 is 4.74 Å². The van der Waals surface area contributed by atoms with Gasteiger partial charge in [-0.15, -0.1) is 0 Å². The molecule has 0 spiro atoms. The summed E-state index contributed by atoms with van der Waals surface area (Å²) in [6.07, 6.45) is 8.45. The average Bonchev–Trinajstić information content (AvgIpc) is 2.55. The van der Waals surface area contributed by atoms with E-state index in [0.717, 1.165) is 14.7 Å². The average molecular weight is 367 g/mol. The van der Waals surface area contributed by atoms with E-state index in [4.69, 9.17) is 10.00 Å². The SMILES string of the molecule is N#Cc1ccc(Br)cc1OC1=CC=CC(Br)=CC1. The Kier molecular flexibility index (Phi) is 4.40. The molecule has 0 radical (unpaired) electrons. The molecule has 0 saturated heterocycles. The summed E-state index contributed by atoms with van der Waals surface area (Å²) >= 11 is 6.79. The topological polar surface area (TPSA) is 33.0 Å². The number of hydrogen-bond acceptors (Lipinski definition) is 2. The van der Waals surface area contributed by atoms with Gasteiger partial charge in [0.15, 0.2) is 0 Å². The number of benzene rings is 1. The Hall–Kier alpha value is -1.31. The van der Waals surface area contributed by atoms with Crippen LogP contribution in [0, 0.1) is 11.3 Å². The minimum Gasteiger partial charge on any atom is -0.460 e. The molecular weight excluding hydrogens is 358 g/mol. The van der Waals surface area contributed by atoms with Crippen molar-refractivity contribution in [1.29, 1.82) is 5.26 Å². The molecule has 1 aromatic carbocycles. The first-order valence-corrected chi connectivity index (χ1v) is 6.88. The maximum Gasteiger partial charge on any atom is 0.145 e. The zero-order chi connectivity index (χ0) is 13.0. The first-order chi connectivity index (χ1) is 8.69. The van der Waals surface area contributed by atoms with E-state index in [1.54, 1.807) is 12.1 Å². The van der Waals surface area contributed by atoms with Crippen LogP contribution in [-0.2, 0) is 0 Å². The largest absolute Gasteiger partial charge is 0.460 e. The third-order valence-corrected chi connectivity index (χ3v) is 3.42. The van der Waals surface area contributed by atoms with E-state index in [9.17, 15) is 0 Å². The van der Waals surface area contributed by atoms with E-state index >= 15 is 0 Å².